The summed E-state index contributed by atoms with van der Waals surface area (Å²) >= 11 is 0. The molecule has 1 fully saturated rings. The van der Waals surface area contributed by atoms with Crippen LogP contribution in [0.3, 0.4) is 0 Å². The van der Waals surface area contributed by atoms with Crippen LogP contribution < -0.4 is 15.1 Å². The van der Waals surface area contributed by atoms with E-state index in [1.807, 2.05) is 47.1 Å². The van der Waals surface area contributed by atoms with Gasteiger partial charge in [0.05, 0.1) is 0 Å². The average molecular weight is 272 g/mol. The van der Waals surface area contributed by atoms with Crippen molar-refractivity contribution in [3.8, 4) is 11.6 Å². The van der Waals surface area contributed by atoms with Crippen molar-refractivity contribution >= 4 is 0 Å². The second kappa shape index (κ2) is 5.00. The molecule has 0 aromatic carbocycles. The number of pyridine rings is 2. The molecular formula is C15H18N3O2+. The fourth-order valence-electron chi connectivity index (χ4n) is 2.74. The van der Waals surface area contributed by atoms with Crippen LogP contribution in [0.15, 0.2) is 41.5 Å². The fraction of sp³-hybridized carbons (Fsp3) is 0.333. The highest BCUT2D eigenvalue weighted by Crippen LogP contribution is 2.20. The smallest absolute Gasteiger partial charge is 0.288 e. The highest BCUT2D eigenvalue weighted by atomic mass is 16.3. The molecule has 0 saturated carbocycles. The Balaban J connectivity index is 2.20. The van der Waals surface area contributed by atoms with Gasteiger partial charge in [0, 0.05) is 36.9 Å². The summed E-state index contributed by atoms with van der Waals surface area (Å²) in [6, 6.07) is 7.28. The van der Waals surface area contributed by atoms with E-state index in [1.165, 1.54) is 4.68 Å². The number of aryl methyl sites for hydroxylation is 1. The van der Waals surface area contributed by atoms with Crippen LogP contribution in [0.4, 0.5) is 0 Å². The number of aromatic hydroxyl groups is 1. The number of hydrogen-bond donors (Lipinski definition) is 1. The third-order valence-corrected chi connectivity index (χ3v) is 3.67. The van der Waals surface area contributed by atoms with E-state index in [-0.39, 0.29) is 11.4 Å². The predicted octanol–water partition coefficient (Wildman–Crippen LogP) is 0.871. The summed E-state index contributed by atoms with van der Waals surface area (Å²) in [7, 11) is 0. The molecule has 0 radical (unpaired) electrons. The first kappa shape index (κ1) is 12.7. The molecule has 2 aromatic rings. The maximum absolute atomic E-state index is 12.2. The Kier molecular flexibility index (Phi) is 3.18. The number of nitrogens with zero attached hydrogens (tertiary/aromatic N) is 3. The van der Waals surface area contributed by atoms with Crippen LogP contribution >= 0.6 is 0 Å². The quantitative estimate of drug-likeness (QED) is 0.825. The summed E-state index contributed by atoms with van der Waals surface area (Å²) in [4.78, 5) is 12.2. The van der Waals surface area contributed by atoms with Gasteiger partial charge < -0.3 is 10.1 Å². The molecule has 1 aliphatic rings. The molecule has 3 rings (SSSR count). The summed E-state index contributed by atoms with van der Waals surface area (Å²) in [6.45, 7) is 3.44. The van der Waals surface area contributed by atoms with E-state index in [0.29, 0.717) is 5.69 Å². The second-order valence-electron chi connectivity index (χ2n) is 5.09. The van der Waals surface area contributed by atoms with Crippen molar-refractivity contribution in [2.45, 2.75) is 19.8 Å². The third-order valence-electron chi connectivity index (χ3n) is 3.67. The molecule has 1 saturated heterocycles. The molecule has 2 aromatic heterocycles. The van der Waals surface area contributed by atoms with Gasteiger partial charge in [-0.3, -0.25) is 4.79 Å². The van der Waals surface area contributed by atoms with Crippen molar-refractivity contribution < 1.29 is 9.67 Å². The lowest BCUT2D eigenvalue weighted by Crippen LogP contribution is -2.42. The Morgan fingerprint density at radius 1 is 1.15 bits per heavy atom. The van der Waals surface area contributed by atoms with E-state index in [9.17, 15) is 9.90 Å². The van der Waals surface area contributed by atoms with Gasteiger partial charge in [-0.25, -0.2) is 0 Å². The molecule has 1 aliphatic heterocycles. The third kappa shape index (κ3) is 2.05. The van der Waals surface area contributed by atoms with Crippen molar-refractivity contribution in [3.05, 3.63) is 52.6 Å². The molecule has 104 valence electrons. The normalized spacial score (nSPS) is 14.8. The molecule has 0 amide bonds. The topological polar surface area (TPSA) is 49.4 Å². The molecule has 5 heteroatoms. The number of rotatable bonds is 2. The van der Waals surface area contributed by atoms with Gasteiger partial charge >= 0.3 is 0 Å². The van der Waals surface area contributed by atoms with Crippen molar-refractivity contribution in [2.24, 2.45) is 0 Å². The van der Waals surface area contributed by atoms with Crippen LogP contribution in [0, 0.1) is 6.92 Å². The lowest BCUT2D eigenvalue weighted by Gasteiger charge is -2.21. The standard InChI is InChI=1S/C15H17N3O2/c1-12-11-13(19)18(17-9-5-6-10-17)15(20)14(12)16-7-3-2-4-8-16/h2-4,7-8,11H,5-6,9-10H2,1H3/p+1. The zero-order valence-electron chi connectivity index (χ0n) is 11.5. The molecule has 0 spiro atoms. The lowest BCUT2D eigenvalue weighted by atomic mass is 10.2. The summed E-state index contributed by atoms with van der Waals surface area (Å²) in [5.41, 5.74) is 1.23. The minimum absolute atomic E-state index is 0.00750. The highest BCUT2D eigenvalue weighted by molar-refractivity contribution is 5.41. The summed E-state index contributed by atoms with van der Waals surface area (Å²) < 4.78 is 3.23. The van der Waals surface area contributed by atoms with Crippen LogP contribution in [0.1, 0.15) is 18.4 Å². The van der Waals surface area contributed by atoms with Gasteiger partial charge in [0.1, 0.15) is 0 Å². The molecule has 20 heavy (non-hydrogen) atoms. The van der Waals surface area contributed by atoms with Crippen molar-refractivity contribution in [3.63, 3.8) is 0 Å². The monoisotopic (exact) mass is 272 g/mol. The van der Waals surface area contributed by atoms with Gasteiger partial charge in [0.15, 0.2) is 12.4 Å². The first-order chi connectivity index (χ1) is 9.68. The van der Waals surface area contributed by atoms with Gasteiger partial charge in [0.25, 0.3) is 17.1 Å². The van der Waals surface area contributed by atoms with Gasteiger partial charge in [0.2, 0.25) is 0 Å². The van der Waals surface area contributed by atoms with Crippen LogP contribution in [0.25, 0.3) is 5.69 Å². The molecule has 0 bridgehead atoms. The van der Waals surface area contributed by atoms with E-state index in [4.69, 9.17) is 0 Å². The van der Waals surface area contributed by atoms with Crippen molar-refractivity contribution in [2.75, 3.05) is 18.1 Å². The Hall–Kier alpha value is -2.30. The molecule has 1 N–H and O–H groups in total. The van der Waals surface area contributed by atoms with Crippen LogP contribution in [0.5, 0.6) is 5.88 Å². The zero-order chi connectivity index (χ0) is 14.1. The largest absolute Gasteiger partial charge is 0.488 e. The summed E-state index contributed by atoms with van der Waals surface area (Å²) in [5, 5.41) is 12.5. The number of hydrogen-bond acceptors (Lipinski definition) is 3. The highest BCUT2D eigenvalue weighted by Gasteiger charge is 2.25. The van der Waals surface area contributed by atoms with E-state index >= 15 is 0 Å². The minimum atomic E-state index is -0.179. The SMILES string of the molecule is Cc1cc(=O)n(N2CCCC2)c(O)c1-[n+]1ccccc1. The first-order valence-corrected chi connectivity index (χ1v) is 6.86. The van der Waals surface area contributed by atoms with E-state index in [2.05, 4.69) is 0 Å². The lowest BCUT2D eigenvalue weighted by molar-refractivity contribution is -0.597. The Morgan fingerprint density at radius 2 is 1.80 bits per heavy atom. The summed E-state index contributed by atoms with van der Waals surface area (Å²) in [5.74, 6) is 0.00750. The Labute approximate surface area is 117 Å². The molecule has 0 aliphatic carbocycles. The predicted molar refractivity (Wildman–Crippen MR) is 75.8 cm³/mol. The fourth-order valence-corrected chi connectivity index (χ4v) is 2.74. The van der Waals surface area contributed by atoms with E-state index in [0.717, 1.165) is 31.5 Å². The molecule has 0 unspecified atom stereocenters. The first-order valence-electron chi connectivity index (χ1n) is 6.86. The zero-order valence-corrected chi connectivity index (χ0v) is 11.5. The van der Waals surface area contributed by atoms with Crippen molar-refractivity contribution in [1.82, 2.24) is 4.68 Å². The van der Waals surface area contributed by atoms with Gasteiger partial charge in [-0.05, 0) is 19.8 Å². The Bertz CT molecular complexity index is 674. The minimum Gasteiger partial charge on any atom is -0.488 e. The molecule has 5 nitrogen and oxygen atoms in total. The van der Waals surface area contributed by atoms with E-state index in [1.54, 1.807) is 6.07 Å². The van der Waals surface area contributed by atoms with Crippen LogP contribution in [-0.4, -0.2) is 22.9 Å². The molecular weight excluding hydrogens is 254 g/mol. The molecule has 0 atom stereocenters. The Morgan fingerprint density at radius 3 is 2.45 bits per heavy atom. The number of aromatic nitrogens is 2. The van der Waals surface area contributed by atoms with Gasteiger partial charge in [-0.1, -0.05) is 6.07 Å². The van der Waals surface area contributed by atoms with E-state index < -0.39 is 0 Å². The van der Waals surface area contributed by atoms with Gasteiger partial charge in [-0.2, -0.15) is 9.24 Å². The molecule has 3 heterocycles. The van der Waals surface area contributed by atoms with Crippen LogP contribution in [0.2, 0.25) is 0 Å². The average Bonchev–Trinajstić information content (AvgIpc) is 2.93. The summed E-state index contributed by atoms with van der Waals surface area (Å²) in [6.07, 6.45) is 5.82. The van der Waals surface area contributed by atoms with Crippen molar-refractivity contribution in [1.29, 1.82) is 0 Å². The second-order valence-corrected chi connectivity index (χ2v) is 5.09. The maximum atomic E-state index is 12.2. The van der Waals surface area contributed by atoms with Crippen LogP contribution in [-0.2, 0) is 0 Å². The maximum Gasteiger partial charge on any atom is 0.288 e. The van der Waals surface area contributed by atoms with Gasteiger partial charge in [-0.15, -0.1) is 0 Å².